The first-order valence-corrected chi connectivity index (χ1v) is 22.3. The van der Waals surface area contributed by atoms with Gasteiger partial charge in [-0.2, -0.15) is 0 Å². The Balaban J connectivity index is 2.19. The molecule has 2 heterocycles. The number of thiazole rings is 1. The number of ether oxygens (including phenoxy) is 3. The summed E-state index contributed by atoms with van der Waals surface area (Å²) >= 11 is 18.9. The number of aliphatic hydroxyl groups excluding tert-OH is 1. The molecule has 15 heteroatoms. The van der Waals surface area contributed by atoms with Crippen LogP contribution in [0, 0.1) is 24.2 Å². The Morgan fingerprint density at radius 3 is 2.27 bits per heavy atom. The molecule has 10 nitrogen and oxygen atoms in total. The molecule has 1 aromatic rings. The number of Topliss-reactive ketones (excluding diaryl/α,β-unsaturated/α-hetero) is 1. The van der Waals surface area contributed by atoms with Gasteiger partial charge in [0.05, 0.1) is 47.0 Å². The van der Waals surface area contributed by atoms with Crippen molar-refractivity contribution in [1.82, 2.24) is 4.98 Å². The molecule has 292 valence electrons. The summed E-state index contributed by atoms with van der Waals surface area (Å²) in [6.07, 6.45) is 0.173. The molecule has 2 rings (SSSR count). The van der Waals surface area contributed by atoms with Gasteiger partial charge in [0, 0.05) is 17.2 Å². The van der Waals surface area contributed by atoms with Crippen molar-refractivity contribution >= 4 is 78.4 Å². The van der Waals surface area contributed by atoms with E-state index in [9.17, 15) is 24.6 Å². The normalized spacial score (nSPS) is 21.7. The van der Waals surface area contributed by atoms with Crippen LogP contribution in [0.5, 0.6) is 0 Å². The zero-order valence-electron chi connectivity index (χ0n) is 32.1. The lowest BCUT2D eigenvalue weighted by Gasteiger charge is -2.44. The number of aliphatic carboxylic acids is 1. The number of ketones is 1. The average Bonchev–Trinajstić information content (AvgIpc) is 3.42. The SMILES string of the molecule is C/C(=C\c1csc(C)n1)[C@@H](O)C[C@@H]1O[C@]1(C)CCC[C@H](C)[C@H](OC(=O)OCC(Cl)(Cl)Cl)[C@@H](C)C(=O)C(C)(C)[C@H](CC(=O)O)O[Si](C)(C)C(C)(C)C. The van der Waals surface area contributed by atoms with Gasteiger partial charge in [-0.15, -0.1) is 11.3 Å². The summed E-state index contributed by atoms with van der Waals surface area (Å²) in [7, 11) is -2.49. The van der Waals surface area contributed by atoms with Crippen LogP contribution in [0.1, 0.15) is 105 Å². The number of carboxylic acids is 1. The largest absolute Gasteiger partial charge is 0.508 e. The van der Waals surface area contributed by atoms with Crippen LogP contribution in [0.4, 0.5) is 4.79 Å². The molecule has 1 saturated heterocycles. The Kier molecular flexibility index (Phi) is 16.1. The smallest absolute Gasteiger partial charge is 0.481 e. The summed E-state index contributed by atoms with van der Waals surface area (Å²) < 4.78 is 21.6. The van der Waals surface area contributed by atoms with Crippen LogP contribution < -0.4 is 0 Å². The minimum atomic E-state index is -2.49. The van der Waals surface area contributed by atoms with Crippen molar-refractivity contribution < 1.29 is 43.2 Å². The van der Waals surface area contributed by atoms with Gasteiger partial charge in [0.25, 0.3) is 0 Å². The van der Waals surface area contributed by atoms with E-state index in [1.165, 1.54) is 0 Å². The molecule has 0 unspecified atom stereocenters. The summed E-state index contributed by atoms with van der Waals surface area (Å²) in [4.78, 5) is 43.6. The molecule has 0 aromatic carbocycles. The van der Waals surface area contributed by atoms with Gasteiger partial charge >= 0.3 is 12.1 Å². The summed E-state index contributed by atoms with van der Waals surface area (Å²) in [5, 5.41) is 23.3. The number of aromatic nitrogens is 1. The molecule has 1 aromatic heterocycles. The zero-order valence-corrected chi connectivity index (χ0v) is 36.2. The van der Waals surface area contributed by atoms with Crippen molar-refractivity contribution in [2.45, 2.75) is 153 Å². The number of carbonyl (C=O) groups is 3. The van der Waals surface area contributed by atoms with Gasteiger partial charge in [-0.05, 0) is 69.3 Å². The van der Waals surface area contributed by atoms with Crippen LogP contribution in [-0.4, -0.2) is 81.8 Å². The maximum Gasteiger partial charge on any atom is 0.508 e. The molecular weight excluding hydrogens is 757 g/mol. The van der Waals surface area contributed by atoms with E-state index >= 15 is 0 Å². The van der Waals surface area contributed by atoms with Crippen molar-refractivity contribution in [2.24, 2.45) is 17.3 Å². The fraction of sp³-hybridized carbons (Fsp3) is 0.778. The minimum Gasteiger partial charge on any atom is -0.481 e. The van der Waals surface area contributed by atoms with Crippen molar-refractivity contribution in [2.75, 3.05) is 6.61 Å². The molecule has 51 heavy (non-hydrogen) atoms. The minimum absolute atomic E-state index is 0.124. The lowest BCUT2D eigenvalue weighted by atomic mass is 9.73. The highest BCUT2D eigenvalue weighted by molar-refractivity contribution is 7.09. The predicted molar refractivity (Wildman–Crippen MR) is 206 cm³/mol. The van der Waals surface area contributed by atoms with Crippen LogP contribution in [-0.2, 0) is 28.2 Å². The Morgan fingerprint density at radius 1 is 1.16 bits per heavy atom. The molecule has 0 bridgehead atoms. The second-order valence-electron chi connectivity index (χ2n) is 16.3. The van der Waals surface area contributed by atoms with Gasteiger partial charge < -0.3 is 28.8 Å². The van der Waals surface area contributed by atoms with Crippen LogP contribution in [0.2, 0.25) is 18.1 Å². The molecule has 7 atom stereocenters. The molecule has 0 spiro atoms. The molecule has 0 saturated carbocycles. The second kappa shape index (κ2) is 17.9. The van der Waals surface area contributed by atoms with Crippen molar-refractivity contribution in [3.8, 4) is 0 Å². The van der Waals surface area contributed by atoms with Crippen molar-refractivity contribution in [3.05, 3.63) is 21.7 Å². The van der Waals surface area contributed by atoms with Crippen LogP contribution >= 0.6 is 46.1 Å². The third kappa shape index (κ3) is 13.8. The standard InChI is InChI=1S/C36H58Cl3NO9SSi/c1-21(14-13-15-35(10)28(48-35)17-26(41)22(2)16-25-19-50-24(4)40-25)30(47-32(45)46-20-36(37,38)39)23(3)31(44)34(8,9)27(18-29(42)43)49-51(11,12)33(5,6)7/h16,19,21,23,26-28,30,41H,13-15,17-18,20H2,1-12H3,(H,42,43)/b22-16+/t21-,23+,26-,27-,28-,30-,35+/m0/s1. The fourth-order valence-corrected chi connectivity index (χ4v) is 8.12. The Hall–Kier alpha value is -1.25. The molecule has 0 amide bonds. The van der Waals surface area contributed by atoms with Crippen molar-refractivity contribution in [1.29, 1.82) is 0 Å². The third-order valence-corrected chi connectivity index (χ3v) is 16.0. The van der Waals surface area contributed by atoms with Gasteiger partial charge in [-0.25, -0.2) is 9.78 Å². The fourth-order valence-electron chi connectivity index (χ4n) is 5.94. The number of epoxide rings is 1. The monoisotopic (exact) mass is 813 g/mol. The highest BCUT2D eigenvalue weighted by atomic mass is 35.6. The summed E-state index contributed by atoms with van der Waals surface area (Å²) in [6.45, 7) is 22.4. The highest BCUT2D eigenvalue weighted by Crippen LogP contribution is 2.45. The van der Waals surface area contributed by atoms with Gasteiger partial charge in [0.2, 0.25) is 3.79 Å². The number of hydrogen-bond acceptors (Lipinski definition) is 10. The summed E-state index contributed by atoms with van der Waals surface area (Å²) in [5.41, 5.74) is -0.0287. The maximum atomic E-state index is 14.3. The highest BCUT2D eigenvalue weighted by Gasteiger charge is 2.52. The molecule has 0 aliphatic carbocycles. The molecule has 2 N–H and O–H groups in total. The third-order valence-electron chi connectivity index (χ3n) is 10.4. The number of alkyl halides is 3. The van der Waals surface area contributed by atoms with Crippen LogP contribution in [0.3, 0.4) is 0 Å². The Labute approximate surface area is 324 Å². The van der Waals surface area contributed by atoms with Gasteiger partial charge in [0.15, 0.2) is 8.32 Å². The molecule has 1 aliphatic rings. The van der Waals surface area contributed by atoms with E-state index in [-0.39, 0.29) is 29.3 Å². The number of hydrogen-bond donors (Lipinski definition) is 2. The number of halogens is 3. The van der Waals surface area contributed by atoms with E-state index in [0.717, 1.165) is 16.3 Å². The number of carboxylic acid groups (broad SMARTS) is 1. The molecular formula is C36H58Cl3NO9SSi. The van der Waals surface area contributed by atoms with E-state index in [1.807, 2.05) is 73.0 Å². The molecule has 0 radical (unpaired) electrons. The predicted octanol–water partition coefficient (Wildman–Crippen LogP) is 9.56. The van der Waals surface area contributed by atoms with Crippen LogP contribution in [0.15, 0.2) is 11.0 Å². The number of carbonyl (C=O) groups excluding carboxylic acids is 2. The maximum absolute atomic E-state index is 14.3. The summed E-state index contributed by atoms with van der Waals surface area (Å²) in [5.74, 6) is -2.56. The number of rotatable bonds is 19. The average molecular weight is 815 g/mol. The number of aryl methyl sites for hydroxylation is 1. The lowest BCUT2D eigenvalue weighted by Crippen LogP contribution is -2.53. The van der Waals surface area contributed by atoms with E-state index < -0.39 is 66.1 Å². The number of nitrogens with zero attached hydrogens (tertiary/aromatic N) is 1. The van der Waals surface area contributed by atoms with Gasteiger partial charge in [0.1, 0.15) is 18.5 Å². The first kappa shape index (κ1) is 45.9. The topological polar surface area (TPSA) is 145 Å². The van der Waals surface area contributed by atoms with Crippen LogP contribution in [0.25, 0.3) is 6.08 Å². The van der Waals surface area contributed by atoms with Crippen molar-refractivity contribution in [3.63, 3.8) is 0 Å². The lowest BCUT2D eigenvalue weighted by molar-refractivity contribution is -0.147. The van der Waals surface area contributed by atoms with E-state index in [1.54, 1.807) is 32.1 Å². The Morgan fingerprint density at radius 2 is 1.76 bits per heavy atom. The quantitative estimate of drug-likeness (QED) is 0.0600. The first-order chi connectivity index (χ1) is 23.1. The molecule has 1 aliphatic heterocycles. The van der Waals surface area contributed by atoms with E-state index in [0.29, 0.717) is 25.7 Å². The number of aliphatic hydroxyl groups is 1. The van der Waals surface area contributed by atoms with E-state index in [2.05, 4.69) is 4.98 Å². The zero-order chi connectivity index (χ0) is 39.3. The van der Waals surface area contributed by atoms with E-state index in [4.69, 9.17) is 53.4 Å². The Bertz CT molecular complexity index is 1390. The first-order valence-electron chi connectivity index (χ1n) is 17.4. The second-order valence-corrected chi connectivity index (χ2v) is 24.6. The summed E-state index contributed by atoms with van der Waals surface area (Å²) in [6, 6.07) is 0. The molecule has 1 fully saturated rings. The van der Waals surface area contributed by atoms with Gasteiger partial charge in [-0.3, -0.25) is 9.59 Å². The van der Waals surface area contributed by atoms with Gasteiger partial charge in [-0.1, -0.05) is 89.7 Å².